The van der Waals surface area contributed by atoms with E-state index in [4.69, 9.17) is 4.74 Å². The van der Waals surface area contributed by atoms with Gasteiger partial charge in [-0.05, 0) is 74.2 Å². The maximum Gasteiger partial charge on any atom is 0.232 e. The highest BCUT2D eigenvalue weighted by molar-refractivity contribution is 5.98. The van der Waals surface area contributed by atoms with Crippen molar-refractivity contribution in [2.75, 3.05) is 30.0 Å². The molecule has 6 nitrogen and oxygen atoms in total. The highest BCUT2D eigenvalue weighted by Gasteiger charge is 2.36. The Labute approximate surface area is 188 Å². The quantitative estimate of drug-likeness (QED) is 0.619. The fourth-order valence-electron chi connectivity index (χ4n) is 4.89. The molecule has 3 aromatic rings. The summed E-state index contributed by atoms with van der Waals surface area (Å²) >= 11 is 0. The molecule has 0 spiro atoms. The van der Waals surface area contributed by atoms with Crippen LogP contribution in [0.2, 0.25) is 0 Å². The first-order valence-corrected chi connectivity index (χ1v) is 11.3. The molecule has 1 aromatic heterocycles. The molecule has 2 atom stereocenters. The van der Waals surface area contributed by atoms with Crippen LogP contribution in [0.5, 0.6) is 5.75 Å². The molecule has 2 aliphatic rings. The second-order valence-corrected chi connectivity index (χ2v) is 8.68. The maximum atomic E-state index is 13.5. The molecule has 0 radical (unpaired) electrons. The van der Waals surface area contributed by atoms with Gasteiger partial charge in [0, 0.05) is 30.4 Å². The largest absolute Gasteiger partial charge is 0.497 e. The van der Waals surface area contributed by atoms with Crippen molar-refractivity contribution in [3.63, 3.8) is 0 Å². The number of benzene rings is 2. The molecule has 0 aliphatic carbocycles. The van der Waals surface area contributed by atoms with Crippen LogP contribution < -0.4 is 14.5 Å². The molecule has 2 aliphatic heterocycles. The molecule has 0 N–H and O–H groups in total. The number of ether oxygens (including phenoxy) is 1. The van der Waals surface area contributed by atoms with Gasteiger partial charge in [0.2, 0.25) is 5.91 Å². The normalized spacial score (nSPS) is 20.2. The minimum absolute atomic E-state index is 0.0274. The number of amides is 1. The van der Waals surface area contributed by atoms with E-state index in [0.717, 1.165) is 54.3 Å². The van der Waals surface area contributed by atoms with Crippen molar-refractivity contribution in [2.45, 2.75) is 32.2 Å². The number of hydrogen-bond donors (Lipinski definition) is 0. The first-order valence-electron chi connectivity index (χ1n) is 11.3. The van der Waals surface area contributed by atoms with E-state index in [1.165, 1.54) is 5.56 Å². The number of aromatic nitrogens is 2. The van der Waals surface area contributed by atoms with Crippen LogP contribution in [0.4, 0.5) is 11.5 Å². The van der Waals surface area contributed by atoms with E-state index >= 15 is 0 Å². The van der Waals surface area contributed by atoms with Gasteiger partial charge in [0.15, 0.2) is 5.82 Å². The maximum absolute atomic E-state index is 13.5. The lowest BCUT2D eigenvalue weighted by molar-refractivity contribution is -0.122. The Morgan fingerprint density at radius 1 is 1.03 bits per heavy atom. The number of anilines is 2. The summed E-state index contributed by atoms with van der Waals surface area (Å²) < 4.78 is 5.22. The molecule has 0 saturated carbocycles. The zero-order valence-corrected chi connectivity index (χ0v) is 18.6. The summed E-state index contributed by atoms with van der Waals surface area (Å²) in [7, 11) is 1.66. The minimum atomic E-state index is -0.0274. The number of methoxy groups -OCH3 is 1. The van der Waals surface area contributed by atoms with Gasteiger partial charge in [0.25, 0.3) is 0 Å². The molecular weight excluding hydrogens is 400 g/mol. The van der Waals surface area contributed by atoms with E-state index in [9.17, 15) is 4.79 Å². The summed E-state index contributed by atoms with van der Waals surface area (Å²) in [4.78, 5) is 17.7. The van der Waals surface area contributed by atoms with Crippen LogP contribution in [0.25, 0.3) is 11.3 Å². The van der Waals surface area contributed by atoms with Crippen molar-refractivity contribution in [3.8, 4) is 17.0 Å². The van der Waals surface area contributed by atoms with Gasteiger partial charge in [-0.1, -0.05) is 18.2 Å². The van der Waals surface area contributed by atoms with Gasteiger partial charge in [-0.25, -0.2) is 0 Å². The molecule has 0 bridgehead atoms. The van der Waals surface area contributed by atoms with E-state index in [2.05, 4.69) is 40.2 Å². The number of carbonyl (C=O) groups excluding carboxylic acids is 1. The Hall–Kier alpha value is -3.41. The SMILES string of the molecule is COc1ccc(-c2ccc(N3CCCC(C(=O)N4c5ccccc5CC4C)C3)nn2)cc1. The molecule has 164 valence electrons. The molecule has 1 saturated heterocycles. The fraction of sp³-hybridized carbons (Fsp3) is 0.346. The van der Waals surface area contributed by atoms with Crippen molar-refractivity contribution in [1.29, 1.82) is 0 Å². The molecule has 32 heavy (non-hydrogen) atoms. The van der Waals surface area contributed by atoms with Gasteiger partial charge in [0.05, 0.1) is 18.7 Å². The average molecular weight is 429 g/mol. The molecule has 1 fully saturated rings. The Bertz CT molecular complexity index is 1100. The molecule has 6 heteroatoms. The number of hydrogen-bond acceptors (Lipinski definition) is 5. The topological polar surface area (TPSA) is 58.6 Å². The lowest BCUT2D eigenvalue weighted by Crippen LogP contribution is -2.47. The van der Waals surface area contributed by atoms with Crippen LogP contribution >= 0.6 is 0 Å². The third-order valence-electron chi connectivity index (χ3n) is 6.58. The summed E-state index contributed by atoms with van der Waals surface area (Å²) in [6, 6.07) is 20.3. The van der Waals surface area contributed by atoms with Crippen molar-refractivity contribution in [3.05, 3.63) is 66.2 Å². The van der Waals surface area contributed by atoms with Gasteiger partial charge in [0.1, 0.15) is 5.75 Å². The molecule has 1 amide bonds. The highest BCUT2D eigenvalue weighted by Crippen LogP contribution is 2.34. The highest BCUT2D eigenvalue weighted by atomic mass is 16.5. The number of para-hydroxylation sites is 1. The lowest BCUT2D eigenvalue weighted by Gasteiger charge is -2.35. The first-order chi connectivity index (χ1) is 15.6. The van der Waals surface area contributed by atoms with E-state index in [-0.39, 0.29) is 17.9 Å². The summed E-state index contributed by atoms with van der Waals surface area (Å²) in [5, 5.41) is 8.92. The monoisotopic (exact) mass is 428 g/mol. The van der Waals surface area contributed by atoms with E-state index in [1.807, 2.05) is 47.4 Å². The Morgan fingerprint density at radius 3 is 2.59 bits per heavy atom. The molecule has 2 unspecified atom stereocenters. The summed E-state index contributed by atoms with van der Waals surface area (Å²) in [6.45, 7) is 3.72. The predicted octanol–water partition coefficient (Wildman–Crippen LogP) is 4.35. The van der Waals surface area contributed by atoms with Gasteiger partial charge in [-0.2, -0.15) is 0 Å². The van der Waals surface area contributed by atoms with Gasteiger partial charge in [-0.15, -0.1) is 10.2 Å². The summed E-state index contributed by atoms with van der Waals surface area (Å²) in [5.41, 5.74) is 4.16. The average Bonchev–Trinajstić information content (AvgIpc) is 3.19. The smallest absolute Gasteiger partial charge is 0.232 e. The first kappa shape index (κ1) is 20.5. The van der Waals surface area contributed by atoms with Crippen molar-refractivity contribution in [2.24, 2.45) is 5.92 Å². The second-order valence-electron chi connectivity index (χ2n) is 8.68. The zero-order chi connectivity index (χ0) is 22.1. The minimum Gasteiger partial charge on any atom is -0.497 e. The molecule has 5 rings (SSSR count). The van der Waals surface area contributed by atoms with Gasteiger partial charge >= 0.3 is 0 Å². The molecular formula is C26H28N4O2. The van der Waals surface area contributed by atoms with Gasteiger partial charge < -0.3 is 14.5 Å². The Balaban J connectivity index is 1.30. The van der Waals surface area contributed by atoms with Crippen LogP contribution in [0, 0.1) is 5.92 Å². The number of rotatable bonds is 4. The zero-order valence-electron chi connectivity index (χ0n) is 18.6. The van der Waals surface area contributed by atoms with Gasteiger partial charge in [-0.3, -0.25) is 4.79 Å². The summed E-state index contributed by atoms with van der Waals surface area (Å²) in [5.74, 6) is 1.85. The van der Waals surface area contributed by atoms with Crippen molar-refractivity contribution < 1.29 is 9.53 Å². The summed E-state index contributed by atoms with van der Waals surface area (Å²) in [6.07, 6.45) is 2.82. The number of nitrogens with zero attached hydrogens (tertiary/aromatic N) is 4. The second kappa shape index (κ2) is 8.61. The van der Waals surface area contributed by atoms with E-state index in [1.54, 1.807) is 7.11 Å². The number of carbonyl (C=O) groups is 1. The van der Waals surface area contributed by atoms with E-state index in [0.29, 0.717) is 6.54 Å². The number of piperidine rings is 1. The fourth-order valence-corrected chi connectivity index (χ4v) is 4.89. The standard InChI is InChI=1S/C26H28N4O2/c1-18-16-20-6-3-4-8-24(20)30(18)26(31)21-7-5-15-29(17-21)25-14-13-23(27-28-25)19-9-11-22(32-2)12-10-19/h3-4,6,8-14,18,21H,5,7,15-17H2,1-2H3. The van der Waals surface area contributed by atoms with E-state index < -0.39 is 0 Å². The Kier molecular flexibility index (Phi) is 5.52. The third kappa shape index (κ3) is 3.81. The van der Waals surface area contributed by atoms with Crippen LogP contribution in [0.1, 0.15) is 25.3 Å². The van der Waals surface area contributed by atoms with Crippen molar-refractivity contribution in [1.82, 2.24) is 10.2 Å². The molecule has 3 heterocycles. The van der Waals surface area contributed by atoms with Crippen LogP contribution in [0.3, 0.4) is 0 Å². The van der Waals surface area contributed by atoms with Crippen molar-refractivity contribution >= 4 is 17.4 Å². The van der Waals surface area contributed by atoms with Crippen LogP contribution in [0.15, 0.2) is 60.7 Å². The Morgan fingerprint density at radius 2 is 1.84 bits per heavy atom. The number of fused-ring (bicyclic) bond motifs is 1. The van der Waals surface area contributed by atoms with Crippen LogP contribution in [-0.4, -0.2) is 42.3 Å². The molecule has 2 aromatic carbocycles. The lowest BCUT2D eigenvalue weighted by atomic mass is 9.96. The predicted molar refractivity (Wildman–Crippen MR) is 126 cm³/mol. The third-order valence-corrected chi connectivity index (χ3v) is 6.58. The van der Waals surface area contributed by atoms with Crippen LogP contribution in [-0.2, 0) is 11.2 Å².